The Labute approximate surface area is 76.6 Å². The smallest absolute Gasteiger partial charge is 0.236 e. The number of rotatable bonds is 1. The van der Waals surface area contributed by atoms with Gasteiger partial charge in [-0.05, 0) is 11.6 Å². The van der Waals surface area contributed by atoms with Gasteiger partial charge in [0.15, 0.2) is 0 Å². The molecule has 0 radical (unpaired) electrons. The second kappa shape index (κ2) is 2.85. The molecule has 0 bridgehead atoms. The third-order valence-electron chi connectivity index (χ3n) is 2.48. The Morgan fingerprint density at radius 3 is 2.85 bits per heavy atom. The first-order valence-corrected chi connectivity index (χ1v) is 4.23. The van der Waals surface area contributed by atoms with Crippen molar-refractivity contribution in [3.05, 3.63) is 29.8 Å². The second-order valence-electron chi connectivity index (χ2n) is 3.19. The van der Waals surface area contributed by atoms with E-state index in [2.05, 4.69) is 0 Å². The van der Waals surface area contributed by atoms with E-state index in [4.69, 9.17) is 5.11 Å². The number of likely N-dealkylation sites (N-methyl/N-ethyl adjacent to an activating group) is 1. The van der Waals surface area contributed by atoms with E-state index < -0.39 is 0 Å². The van der Waals surface area contributed by atoms with E-state index in [1.165, 1.54) is 0 Å². The number of hydrogen-bond donors (Lipinski definition) is 1. The van der Waals surface area contributed by atoms with Crippen molar-refractivity contribution in [2.75, 3.05) is 18.6 Å². The van der Waals surface area contributed by atoms with Crippen molar-refractivity contribution in [1.29, 1.82) is 0 Å². The molecule has 1 unspecified atom stereocenters. The zero-order valence-corrected chi connectivity index (χ0v) is 7.40. The Hall–Kier alpha value is -1.35. The molecule has 0 spiro atoms. The number of amides is 1. The number of para-hydroxylation sites is 1. The lowest BCUT2D eigenvalue weighted by Gasteiger charge is -2.09. The summed E-state index contributed by atoms with van der Waals surface area (Å²) in [4.78, 5) is 13.2. The molecule has 1 aliphatic rings. The van der Waals surface area contributed by atoms with Crippen LogP contribution in [0.5, 0.6) is 0 Å². The number of carbonyl (C=O) groups excluding carboxylic acids is 1. The van der Waals surface area contributed by atoms with Crippen molar-refractivity contribution in [1.82, 2.24) is 0 Å². The molecule has 1 atom stereocenters. The van der Waals surface area contributed by atoms with Gasteiger partial charge in [0.25, 0.3) is 0 Å². The fourth-order valence-corrected chi connectivity index (χ4v) is 1.75. The number of fused-ring (bicyclic) bond motifs is 1. The molecule has 0 saturated carbocycles. The molecular weight excluding hydrogens is 166 g/mol. The largest absolute Gasteiger partial charge is 0.395 e. The number of aliphatic hydroxyl groups is 1. The van der Waals surface area contributed by atoms with E-state index >= 15 is 0 Å². The van der Waals surface area contributed by atoms with Crippen LogP contribution >= 0.6 is 0 Å². The highest BCUT2D eigenvalue weighted by atomic mass is 16.3. The monoisotopic (exact) mass is 177 g/mol. The van der Waals surface area contributed by atoms with Gasteiger partial charge in [-0.2, -0.15) is 0 Å². The molecular formula is C10H11NO2. The second-order valence-corrected chi connectivity index (χ2v) is 3.19. The van der Waals surface area contributed by atoms with Gasteiger partial charge in [0.05, 0.1) is 12.5 Å². The molecule has 0 aromatic heterocycles. The molecule has 3 nitrogen and oxygen atoms in total. The molecule has 0 aliphatic carbocycles. The van der Waals surface area contributed by atoms with Gasteiger partial charge in [-0.1, -0.05) is 18.2 Å². The minimum atomic E-state index is -0.360. The molecule has 0 saturated heterocycles. The third-order valence-corrected chi connectivity index (χ3v) is 2.48. The average molecular weight is 177 g/mol. The minimum absolute atomic E-state index is 0.0244. The standard InChI is InChI=1S/C10H11NO2/c1-11-9-5-3-2-4-7(9)8(6-12)10(11)13/h2-5,8,12H,6H2,1H3. The Morgan fingerprint density at radius 1 is 1.46 bits per heavy atom. The van der Waals surface area contributed by atoms with Crippen molar-refractivity contribution >= 4 is 11.6 Å². The molecule has 68 valence electrons. The highest BCUT2D eigenvalue weighted by Crippen LogP contribution is 2.35. The van der Waals surface area contributed by atoms with Crippen molar-refractivity contribution in [3.8, 4) is 0 Å². The predicted octanol–water partition coefficient (Wildman–Crippen LogP) is 0.739. The Bertz CT molecular complexity index is 349. The first-order chi connectivity index (χ1) is 6.25. The normalized spacial score (nSPS) is 20.6. The molecule has 1 aliphatic heterocycles. The van der Waals surface area contributed by atoms with Gasteiger partial charge in [-0.25, -0.2) is 0 Å². The van der Waals surface area contributed by atoms with Crippen LogP contribution in [-0.2, 0) is 4.79 Å². The van der Waals surface area contributed by atoms with Crippen molar-refractivity contribution in [2.24, 2.45) is 0 Å². The van der Waals surface area contributed by atoms with Crippen LogP contribution < -0.4 is 4.90 Å². The molecule has 13 heavy (non-hydrogen) atoms. The van der Waals surface area contributed by atoms with Gasteiger partial charge in [0.1, 0.15) is 0 Å². The van der Waals surface area contributed by atoms with Crippen LogP contribution in [0, 0.1) is 0 Å². The van der Waals surface area contributed by atoms with Crippen LogP contribution in [0.25, 0.3) is 0 Å². The first-order valence-electron chi connectivity index (χ1n) is 4.23. The van der Waals surface area contributed by atoms with Gasteiger partial charge >= 0.3 is 0 Å². The zero-order chi connectivity index (χ0) is 9.42. The van der Waals surface area contributed by atoms with Crippen LogP contribution in [0.2, 0.25) is 0 Å². The van der Waals surface area contributed by atoms with Gasteiger partial charge in [0.2, 0.25) is 5.91 Å². The lowest BCUT2D eigenvalue weighted by atomic mass is 10.0. The van der Waals surface area contributed by atoms with E-state index in [1.54, 1.807) is 11.9 Å². The molecule has 1 heterocycles. The van der Waals surface area contributed by atoms with E-state index in [1.807, 2.05) is 24.3 Å². The van der Waals surface area contributed by atoms with E-state index in [-0.39, 0.29) is 18.4 Å². The van der Waals surface area contributed by atoms with E-state index in [0.717, 1.165) is 11.3 Å². The van der Waals surface area contributed by atoms with Gasteiger partial charge in [0, 0.05) is 12.7 Å². The molecule has 1 aromatic rings. The summed E-state index contributed by atoms with van der Waals surface area (Å²) in [5.74, 6) is -0.384. The van der Waals surface area contributed by atoms with Gasteiger partial charge in [-0.3, -0.25) is 4.79 Å². The summed E-state index contributed by atoms with van der Waals surface area (Å²) in [5, 5.41) is 9.05. The predicted molar refractivity (Wildman–Crippen MR) is 49.7 cm³/mol. The molecule has 0 fully saturated rings. The Balaban J connectivity index is 2.53. The molecule has 3 heteroatoms. The summed E-state index contributed by atoms with van der Waals surface area (Å²) in [6.07, 6.45) is 0. The van der Waals surface area contributed by atoms with Crippen LogP contribution in [0.15, 0.2) is 24.3 Å². The number of anilines is 1. The molecule has 1 N–H and O–H groups in total. The summed E-state index contributed by atoms with van der Waals surface area (Å²) in [6.45, 7) is -0.111. The van der Waals surface area contributed by atoms with Gasteiger partial charge < -0.3 is 10.0 Å². The summed E-state index contributed by atoms with van der Waals surface area (Å²) >= 11 is 0. The fraction of sp³-hybridized carbons (Fsp3) is 0.300. The number of benzene rings is 1. The molecule has 1 amide bonds. The van der Waals surface area contributed by atoms with Crippen molar-refractivity contribution in [3.63, 3.8) is 0 Å². The molecule has 2 rings (SSSR count). The maximum atomic E-state index is 11.6. The minimum Gasteiger partial charge on any atom is -0.395 e. The Kier molecular flexibility index (Phi) is 1.81. The number of hydrogen-bond acceptors (Lipinski definition) is 2. The fourth-order valence-electron chi connectivity index (χ4n) is 1.75. The van der Waals surface area contributed by atoms with Crippen LogP contribution in [0.4, 0.5) is 5.69 Å². The zero-order valence-electron chi connectivity index (χ0n) is 7.40. The van der Waals surface area contributed by atoms with Crippen molar-refractivity contribution in [2.45, 2.75) is 5.92 Å². The number of nitrogens with zero attached hydrogens (tertiary/aromatic N) is 1. The van der Waals surface area contributed by atoms with E-state index in [9.17, 15) is 4.79 Å². The summed E-state index contributed by atoms with van der Waals surface area (Å²) in [6, 6.07) is 7.55. The lowest BCUT2D eigenvalue weighted by Crippen LogP contribution is -2.25. The third kappa shape index (κ3) is 1.04. The van der Waals surface area contributed by atoms with Crippen LogP contribution in [-0.4, -0.2) is 24.7 Å². The highest BCUT2D eigenvalue weighted by molar-refractivity contribution is 6.04. The highest BCUT2D eigenvalue weighted by Gasteiger charge is 2.33. The topological polar surface area (TPSA) is 40.5 Å². The van der Waals surface area contributed by atoms with Crippen LogP contribution in [0.1, 0.15) is 11.5 Å². The average Bonchev–Trinajstić information content (AvgIpc) is 2.41. The van der Waals surface area contributed by atoms with Crippen LogP contribution in [0.3, 0.4) is 0 Å². The maximum Gasteiger partial charge on any atom is 0.236 e. The Morgan fingerprint density at radius 2 is 2.15 bits per heavy atom. The summed E-state index contributed by atoms with van der Waals surface area (Å²) in [7, 11) is 1.73. The maximum absolute atomic E-state index is 11.6. The number of carbonyl (C=O) groups is 1. The molecule has 1 aromatic carbocycles. The SMILES string of the molecule is CN1C(=O)C(CO)c2ccccc21. The quantitative estimate of drug-likeness (QED) is 0.687. The lowest BCUT2D eigenvalue weighted by molar-refractivity contribution is -0.119. The van der Waals surface area contributed by atoms with Gasteiger partial charge in [-0.15, -0.1) is 0 Å². The first kappa shape index (κ1) is 8.26. The number of aliphatic hydroxyl groups excluding tert-OH is 1. The summed E-state index contributed by atoms with van der Waals surface area (Å²) < 4.78 is 0. The van der Waals surface area contributed by atoms with Crippen molar-refractivity contribution < 1.29 is 9.90 Å². The summed E-state index contributed by atoms with van der Waals surface area (Å²) in [5.41, 5.74) is 1.84. The van der Waals surface area contributed by atoms with E-state index in [0.29, 0.717) is 0 Å².